The predicted octanol–water partition coefficient (Wildman–Crippen LogP) is 2.64. The van der Waals surface area contributed by atoms with Crippen LogP contribution in [0.4, 0.5) is 5.69 Å². The largest absolute Gasteiger partial charge is 0.446 e. The van der Waals surface area contributed by atoms with Crippen LogP contribution in [-0.2, 0) is 0 Å². The molecule has 1 saturated heterocycles. The summed E-state index contributed by atoms with van der Waals surface area (Å²) >= 11 is 3.58. The van der Waals surface area contributed by atoms with Crippen LogP contribution in [0.1, 0.15) is 29.0 Å². The number of halogens is 1. The minimum Gasteiger partial charge on any atom is -0.446 e. The second-order valence-corrected chi connectivity index (χ2v) is 7.00. The zero-order valence-corrected chi connectivity index (χ0v) is 14.2. The summed E-state index contributed by atoms with van der Waals surface area (Å²) in [6.07, 6.45) is 1.68. The first kappa shape index (κ1) is 14.5. The number of nitrogens with one attached hydrogen (secondary N) is 2. The second kappa shape index (κ2) is 4.98. The Bertz CT molecular complexity index is 859. The highest BCUT2D eigenvalue weighted by Crippen LogP contribution is 2.41. The molecule has 0 atom stereocenters. The van der Waals surface area contributed by atoms with Crippen LogP contribution < -0.4 is 10.6 Å². The topological polar surface area (TPSA) is 81.3 Å². The highest BCUT2D eigenvalue weighted by atomic mass is 79.9. The molecular weight excluding hydrogens is 360 g/mol. The molecule has 7 heteroatoms. The van der Waals surface area contributed by atoms with Crippen LogP contribution in [-0.4, -0.2) is 36.6 Å². The van der Waals surface area contributed by atoms with E-state index in [9.17, 15) is 4.79 Å². The lowest BCUT2D eigenvalue weighted by Gasteiger charge is -2.45. The van der Waals surface area contributed by atoms with Gasteiger partial charge in [-0.1, -0.05) is 0 Å². The summed E-state index contributed by atoms with van der Waals surface area (Å²) in [5, 5.41) is 16.4. The number of piperidine rings is 1. The van der Waals surface area contributed by atoms with Gasteiger partial charge >= 0.3 is 0 Å². The lowest BCUT2D eigenvalue weighted by Crippen LogP contribution is -2.62. The highest BCUT2D eigenvalue weighted by molar-refractivity contribution is 9.10. The van der Waals surface area contributed by atoms with Crippen molar-refractivity contribution in [2.75, 3.05) is 25.5 Å². The highest BCUT2D eigenvalue weighted by Gasteiger charge is 2.40. The van der Waals surface area contributed by atoms with E-state index >= 15 is 0 Å². The lowest BCUT2D eigenvalue weighted by atomic mass is 9.92. The van der Waals surface area contributed by atoms with Gasteiger partial charge in [-0.15, -0.1) is 0 Å². The van der Waals surface area contributed by atoms with Crippen molar-refractivity contribution in [2.45, 2.75) is 18.5 Å². The van der Waals surface area contributed by atoms with E-state index in [4.69, 9.17) is 9.68 Å². The molecule has 1 aromatic heterocycles. The number of carbonyl (C=O) groups is 1. The van der Waals surface area contributed by atoms with Crippen LogP contribution in [0.2, 0.25) is 0 Å². The third-order valence-corrected chi connectivity index (χ3v) is 5.50. The molecule has 0 saturated carbocycles. The number of hydrogen-bond acceptors (Lipinski definition) is 5. The smallest absolute Gasteiger partial charge is 0.255 e. The minimum atomic E-state index is -0.408. The number of furan rings is 1. The summed E-state index contributed by atoms with van der Waals surface area (Å²) in [4.78, 5) is 14.9. The molecule has 1 spiro atoms. The van der Waals surface area contributed by atoms with Crippen LogP contribution in [0, 0.1) is 11.3 Å². The number of fused-ring (bicyclic) bond motifs is 2. The van der Waals surface area contributed by atoms with E-state index in [0.717, 1.165) is 41.5 Å². The van der Waals surface area contributed by atoms with E-state index in [2.05, 4.69) is 38.5 Å². The van der Waals surface area contributed by atoms with Crippen molar-refractivity contribution in [1.82, 2.24) is 10.2 Å². The number of hydrogen-bond donors (Lipinski definition) is 2. The Balaban J connectivity index is 1.83. The van der Waals surface area contributed by atoms with Crippen molar-refractivity contribution in [3.63, 3.8) is 0 Å². The van der Waals surface area contributed by atoms with Gasteiger partial charge in [0, 0.05) is 37.4 Å². The van der Waals surface area contributed by atoms with Crippen molar-refractivity contribution in [3.05, 3.63) is 27.9 Å². The van der Waals surface area contributed by atoms with Gasteiger partial charge < -0.3 is 20.0 Å². The molecule has 0 bridgehead atoms. The number of likely N-dealkylation sites (tertiary alicyclic amines) is 1. The fraction of sp³-hybridized carbons (Fsp3) is 0.375. The molecule has 0 radical (unpaired) electrons. The molecule has 1 aromatic carbocycles. The maximum absolute atomic E-state index is 12.6. The van der Waals surface area contributed by atoms with Crippen molar-refractivity contribution in [1.29, 1.82) is 5.26 Å². The molecule has 1 fully saturated rings. The SMILES string of the molecule is CN1CCC2(CC1)NC(=O)c1cc3oc(C#N)cc3c(Br)c1N2. The summed E-state index contributed by atoms with van der Waals surface area (Å²) < 4.78 is 6.22. The average molecular weight is 375 g/mol. The Hall–Kier alpha value is -2.04. The molecule has 0 aliphatic carbocycles. The van der Waals surface area contributed by atoms with Crippen molar-refractivity contribution < 1.29 is 9.21 Å². The fourth-order valence-electron chi connectivity index (χ4n) is 3.30. The van der Waals surface area contributed by atoms with Crippen molar-refractivity contribution in [3.8, 4) is 6.07 Å². The Morgan fingerprint density at radius 3 is 2.78 bits per heavy atom. The molecule has 118 valence electrons. The van der Waals surface area contributed by atoms with Crippen molar-refractivity contribution >= 4 is 38.5 Å². The maximum atomic E-state index is 12.6. The van der Waals surface area contributed by atoms with E-state index in [1.165, 1.54) is 0 Å². The summed E-state index contributed by atoms with van der Waals surface area (Å²) in [5.74, 6) is 0.123. The van der Waals surface area contributed by atoms with Gasteiger partial charge in [0.25, 0.3) is 5.91 Å². The number of benzene rings is 1. The monoisotopic (exact) mass is 374 g/mol. The molecule has 3 heterocycles. The number of anilines is 1. The Kier molecular flexibility index (Phi) is 3.15. The van der Waals surface area contributed by atoms with E-state index in [1.807, 2.05) is 6.07 Å². The van der Waals surface area contributed by atoms with Crippen LogP contribution in [0.15, 0.2) is 21.0 Å². The molecule has 2 aromatic rings. The predicted molar refractivity (Wildman–Crippen MR) is 89.2 cm³/mol. The van der Waals surface area contributed by atoms with Gasteiger partial charge in [0.1, 0.15) is 17.3 Å². The standard InChI is InChI=1S/C16H15BrN4O2/c1-21-4-2-16(3-5-21)19-14-11(15(22)20-16)7-12-10(13(14)17)6-9(8-18)23-12/h6-7,19H,2-5H2,1H3,(H,20,22). The summed E-state index contributed by atoms with van der Waals surface area (Å²) in [6, 6.07) is 5.38. The molecule has 1 amide bonds. The van der Waals surface area contributed by atoms with Crippen molar-refractivity contribution in [2.24, 2.45) is 0 Å². The number of amides is 1. The number of carbonyl (C=O) groups excluding carboxylic acids is 1. The lowest BCUT2D eigenvalue weighted by molar-refractivity contribution is 0.0845. The van der Waals surface area contributed by atoms with Crippen LogP contribution >= 0.6 is 15.9 Å². The number of nitriles is 1. The zero-order valence-electron chi connectivity index (χ0n) is 12.6. The van der Waals surface area contributed by atoms with Gasteiger partial charge in [0.15, 0.2) is 0 Å². The molecule has 2 aliphatic heterocycles. The Labute approximate surface area is 141 Å². The molecule has 4 rings (SSSR count). The van der Waals surface area contributed by atoms with Crippen LogP contribution in [0.5, 0.6) is 0 Å². The Morgan fingerprint density at radius 2 is 2.09 bits per heavy atom. The van der Waals surface area contributed by atoms with Crippen LogP contribution in [0.3, 0.4) is 0 Å². The fourth-order valence-corrected chi connectivity index (χ4v) is 3.92. The quantitative estimate of drug-likeness (QED) is 0.740. The van der Waals surface area contributed by atoms with E-state index in [-0.39, 0.29) is 11.7 Å². The first-order chi connectivity index (χ1) is 11.0. The number of nitrogens with zero attached hydrogens (tertiary/aromatic N) is 2. The molecule has 0 unspecified atom stereocenters. The zero-order chi connectivity index (χ0) is 16.2. The normalized spacial score (nSPS) is 20.0. The summed E-state index contributed by atoms with van der Waals surface area (Å²) in [7, 11) is 2.08. The summed E-state index contributed by atoms with van der Waals surface area (Å²) in [6.45, 7) is 1.85. The summed E-state index contributed by atoms with van der Waals surface area (Å²) in [5.41, 5.74) is 1.43. The average Bonchev–Trinajstić information content (AvgIpc) is 2.96. The molecular formula is C16H15BrN4O2. The third kappa shape index (κ3) is 2.21. The third-order valence-electron chi connectivity index (χ3n) is 4.67. The first-order valence-corrected chi connectivity index (χ1v) is 8.26. The molecule has 6 nitrogen and oxygen atoms in total. The van der Waals surface area contributed by atoms with E-state index in [0.29, 0.717) is 11.1 Å². The molecule has 2 aliphatic rings. The van der Waals surface area contributed by atoms with Gasteiger partial charge in [-0.25, -0.2) is 0 Å². The molecule has 23 heavy (non-hydrogen) atoms. The Morgan fingerprint density at radius 1 is 1.35 bits per heavy atom. The number of rotatable bonds is 0. The van der Waals surface area contributed by atoms with Gasteiger partial charge in [-0.05, 0) is 29.0 Å². The van der Waals surface area contributed by atoms with E-state index < -0.39 is 5.66 Å². The first-order valence-electron chi connectivity index (χ1n) is 7.47. The van der Waals surface area contributed by atoms with E-state index in [1.54, 1.807) is 12.1 Å². The van der Waals surface area contributed by atoms with Gasteiger partial charge in [0.05, 0.1) is 15.7 Å². The second-order valence-electron chi connectivity index (χ2n) is 6.21. The van der Waals surface area contributed by atoms with Gasteiger partial charge in [0.2, 0.25) is 5.76 Å². The maximum Gasteiger partial charge on any atom is 0.255 e. The van der Waals surface area contributed by atoms with Crippen LogP contribution in [0.25, 0.3) is 11.0 Å². The van der Waals surface area contributed by atoms with Gasteiger partial charge in [-0.2, -0.15) is 5.26 Å². The minimum absolute atomic E-state index is 0.110. The molecule has 2 N–H and O–H groups in total. The van der Waals surface area contributed by atoms with Gasteiger partial charge in [-0.3, -0.25) is 4.79 Å².